The number of anilines is 1. The second kappa shape index (κ2) is 9.59. The Morgan fingerprint density at radius 2 is 1.97 bits per heavy atom. The number of para-hydroxylation sites is 1. The van der Waals surface area contributed by atoms with E-state index in [1.165, 1.54) is 12.8 Å². The van der Waals surface area contributed by atoms with Gasteiger partial charge in [-0.05, 0) is 68.5 Å². The highest BCUT2D eigenvalue weighted by Crippen LogP contribution is 2.40. The zero-order chi connectivity index (χ0) is 23.6. The Morgan fingerprint density at radius 1 is 1.18 bits per heavy atom. The smallest absolute Gasteiger partial charge is 0.416 e. The fourth-order valence-corrected chi connectivity index (χ4v) is 4.69. The van der Waals surface area contributed by atoms with E-state index in [2.05, 4.69) is 16.8 Å². The van der Waals surface area contributed by atoms with E-state index in [0.29, 0.717) is 45.9 Å². The quantitative estimate of drug-likeness (QED) is 0.441. The van der Waals surface area contributed by atoms with Gasteiger partial charge in [0.15, 0.2) is 0 Å². The summed E-state index contributed by atoms with van der Waals surface area (Å²) in [6.07, 6.45) is -1.28. The van der Waals surface area contributed by atoms with Crippen LogP contribution in [0.25, 0.3) is 22.0 Å². The largest absolute Gasteiger partial charge is 0.494 e. The van der Waals surface area contributed by atoms with Crippen molar-refractivity contribution < 1.29 is 17.9 Å². The van der Waals surface area contributed by atoms with Gasteiger partial charge in [-0.3, -0.25) is 4.98 Å². The first kappa shape index (κ1) is 23.4. The third kappa shape index (κ3) is 5.41. The Balaban J connectivity index is 1.59. The van der Waals surface area contributed by atoms with Crippen LogP contribution in [-0.2, 0) is 6.18 Å². The molecule has 2 aromatic carbocycles. The number of nitrogens with two attached hydrogens (primary N) is 1. The lowest BCUT2D eigenvalue weighted by Gasteiger charge is -2.30. The van der Waals surface area contributed by atoms with Crippen molar-refractivity contribution in [2.75, 3.05) is 32.0 Å². The normalized spacial score (nSPS) is 17.4. The predicted molar refractivity (Wildman–Crippen MR) is 126 cm³/mol. The van der Waals surface area contributed by atoms with Crippen molar-refractivity contribution in [2.45, 2.75) is 39.3 Å². The van der Waals surface area contributed by atoms with Gasteiger partial charge in [0.05, 0.1) is 23.4 Å². The van der Waals surface area contributed by atoms with Gasteiger partial charge in [0, 0.05) is 29.7 Å². The highest BCUT2D eigenvalue weighted by molar-refractivity contribution is 5.99. The molecule has 1 aliphatic heterocycles. The number of aryl methyl sites for hydroxylation is 1. The summed E-state index contributed by atoms with van der Waals surface area (Å²) in [4.78, 5) is 6.96. The summed E-state index contributed by atoms with van der Waals surface area (Å²) in [5.41, 5.74) is 8.23. The van der Waals surface area contributed by atoms with Gasteiger partial charge in [-0.1, -0.05) is 25.1 Å². The summed E-state index contributed by atoms with van der Waals surface area (Å²) in [5, 5.41) is 0.716. The van der Waals surface area contributed by atoms with Gasteiger partial charge < -0.3 is 15.4 Å². The Hall–Kier alpha value is -2.80. The second-order valence-electron chi connectivity index (χ2n) is 9.00. The number of rotatable bonds is 6. The molecule has 0 bridgehead atoms. The van der Waals surface area contributed by atoms with Crippen LogP contribution >= 0.6 is 0 Å². The first-order chi connectivity index (χ1) is 15.7. The molecular formula is C26H30F3N3O. The number of nitrogen functional groups attached to an aromatic ring is 1. The summed E-state index contributed by atoms with van der Waals surface area (Å²) < 4.78 is 46.8. The molecule has 0 spiro atoms. The van der Waals surface area contributed by atoms with Crippen LogP contribution in [0.2, 0.25) is 0 Å². The van der Waals surface area contributed by atoms with Gasteiger partial charge in [0.25, 0.3) is 0 Å². The molecule has 1 atom stereocenters. The minimum atomic E-state index is -4.50. The van der Waals surface area contributed by atoms with Crippen LogP contribution in [0, 0.1) is 12.8 Å². The fraction of sp³-hybridized carbons (Fsp3) is 0.423. The van der Waals surface area contributed by atoms with E-state index in [1.54, 1.807) is 13.0 Å². The minimum absolute atomic E-state index is 0.193. The molecule has 176 valence electrons. The number of benzene rings is 2. The maximum Gasteiger partial charge on any atom is 0.416 e. The number of hydrogen-bond acceptors (Lipinski definition) is 4. The van der Waals surface area contributed by atoms with Crippen molar-refractivity contribution in [1.82, 2.24) is 9.88 Å². The number of piperidine rings is 1. The van der Waals surface area contributed by atoms with E-state index >= 15 is 0 Å². The molecule has 0 saturated carbocycles. The molecule has 0 amide bonds. The summed E-state index contributed by atoms with van der Waals surface area (Å²) in [6, 6.07) is 11.2. The van der Waals surface area contributed by atoms with Crippen molar-refractivity contribution >= 4 is 16.6 Å². The number of fused-ring (bicyclic) bond motifs is 1. The molecule has 1 saturated heterocycles. The van der Waals surface area contributed by atoms with Crippen LogP contribution in [0.4, 0.5) is 18.9 Å². The Kier molecular flexibility index (Phi) is 6.79. The summed E-state index contributed by atoms with van der Waals surface area (Å²) >= 11 is 0. The van der Waals surface area contributed by atoms with Crippen LogP contribution in [-0.4, -0.2) is 36.1 Å². The highest BCUT2D eigenvalue weighted by Gasteiger charge is 2.32. The SMILES string of the molecule is Cc1nc2ccccc2c(N)c1-c1cc(OCCCN2CCCC(C)C2)cc(C(F)(F)F)c1. The zero-order valence-electron chi connectivity index (χ0n) is 19.1. The Bertz CT molecular complexity index is 1130. The van der Waals surface area contributed by atoms with Crippen LogP contribution in [0.3, 0.4) is 0 Å². The first-order valence-electron chi connectivity index (χ1n) is 11.4. The van der Waals surface area contributed by atoms with Gasteiger partial charge in [-0.25, -0.2) is 0 Å². The molecule has 4 nitrogen and oxygen atoms in total. The third-order valence-corrected chi connectivity index (χ3v) is 6.26. The topological polar surface area (TPSA) is 51.4 Å². The van der Waals surface area contributed by atoms with Crippen LogP contribution in [0.5, 0.6) is 5.75 Å². The molecule has 1 unspecified atom stereocenters. The number of pyridine rings is 1. The van der Waals surface area contributed by atoms with Crippen molar-refractivity contribution in [3.05, 3.63) is 53.7 Å². The van der Waals surface area contributed by atoms with Crippen LogP contribution in [0.15, 0.2) is 42.5 Å². The zero-order valence-corrected chi connectivity index (χ0v) is 19.1. The fourth-order valence-electron chi connectivity index (χ4n) is 4.69. The highest BCUT2D eigenvalue weighted by atomic mass is 19.4. The lowest BCUT2D eigenvalue weighted by atomic mass is 9.97. The van der Waals surface area contributed by atoms with Crippen LogP contribution < -0.4 is 10.5 Å². The van der Waals surface area contributed by atoms with E-state index in [9.17, 15) is 13.2 Å². The van der Waals surface area contributed by atoms with Gasteiger partial charge in [-0.2, -0.15) is 13.2 Å². The molecule has 2 heterocycles. The van der Waals surface area contributed by atoms with Gasteiger partial charge in [-0.15, -0.1) is 0 Å². The molecule has 1 aliphatic rings. The summed E-state index contributed by atoms with van der Waals surface area (Å²) in [5.74, 6) is 0.883. The van der Waals surface area contributed by atoms with E-state index in [1.807, 2.05) is 24.3 Å². The Labute approximate surface area is 192 Å². The molecular weight excluding hydrogens is 427 g/mol. The maximum absolute atomic E-state index is 13.7. The molecule has 0 radical (unpaired) electrons. The lowest BCUT2D eigenvalue weighted by Crippen LogP contribution is -2.35. The monoisotopic (exact) mass is 457 g/mol. The lowest BCUT2D eigenvalue weighted by molar-refractivity contribution is -0.137. The standard InChI is InChI=1S/C26H30F3N3O/c1-17-7-5-10-32(16-17)11-6-12-33-21-14-19(13-20(15-21)26(27,28)29)24-18(2)31-23-9-4-3-8-22(23)25(24)30/h3-4,8-9,13-15,17H,5-7,10-12,16H2,1-2H3,(H2,30,31). The minimum Gasteiger partial charge on any atom is -0.494 e. The molecule has 2 N–H and O–H groups in total. The number of nitrogens with zero attached hydrogens (tertiary/aromatic N) is 2. The molecule has 1 fully saturated rings. The molecule has 4 rings (SSSR count). The molecule has 3 aromatic rings. The second-order valence-corrected chi connectivity index (χ2v) is 9.00. The number of alkyl halides is 3. The Morgan fingerprint density at radius 3 is 2.73 bits per heavy atom. The van der Waals surface area contributed by atoms with Crippen molar-refractivity contribution in [3.8, 4) is 16.9 Å². The number of likely N-dealkylation sites (tertiary alicyclic amines) is 1. The van der Waals surface area contributed by atoms with Gasteiger partial charge >= 0.3 is 6.18 Å². The van der Waals surface area contributed by atoms with E-state index in [0.717, 1.165) is 38.2 Å². The number of ether oxygens (including phenoxy) is 1. The molecule has 33 heavy (non-hydrogen) atoms. The van der Waals surface area contributed by atoms with Crippen LogP contribution in [0.1, 0.15) is 37.4 Å². The maximum atomic E-state index is 13.7. The van der Waals surface area contributed by atoms with Crippen molar-refractivity contribution in [1.29, 1.82) is 0 Å². The number of aromatic nitrogens is 1. The van der Waals surface area contributed by atoms with Crippen molar-refractivity contribution in [2.24, 2.45) is 5.92 Å². The first-order valence-corrected chi connectivity index (χ1v) is 11.4. The van der Waals surface area contributed by atoms with E-state index in [-0.39, 0.29) is 5.75 Å². The van der Waals surface area contributed by atoms with E-state index in [4.69, 9.17) is 10.5 Å². The summed E-state index contributed by atoms with van der Waals surface area (Å²) in [6.45, 7) is 7.40. The molecule has 7 heteroatoms. The molecule has 1 aromatic heterocycles. The average Bonchev–Trinajstić information content (AvgIpc) is 2.76. The van der Waals surface area contributed by atoms with Gasteiger partial charge in [0.2, 0.25) is 0 Å². The van der Waals surface area contributed by atoms with E-state index < -0.39 is 11.7 Å². The molecule has 0 aliphatic carbocycles. The number of hydrogen-bond donors (Lipinski definition) is 1. The van der Waals surface area contributed by atoms with Crippen molar-refractivity contribution in [3.63, 3.8) is 0 Å². The third-order valence-electron chi connectivity index (χ3n) is 6.26. The predicted octanol–water partition coefficient (Wildman–Crippen LogP) is 6.31. The number of halogens is 3. The summed E-state index contributed by atoms with van der Waals surface area (Å²) in [7, 11) is 0. The van der Waals surface area contributed by atoms with Gasteiger partial charge in [0.1, 0.15) is 5.75 Å². The average molecular weight is 458 g/mol.